The monoisotopic (exact) mass is 349 g/mol. The van der Waals surface area contributed by atoms with Crippen molar-refractivity contribution in [3.63, 3.8) is 0 Å². The van der Waals surface area contributed by atoms with Crippen molar-refractivity contribution in [3.05, 3.63) is 0 Å². The first-order chi connectivity index (χ1) is 11.8. The maximum Gasteiger partial charge on any atom is 0.223 e. The van der Waals surface area contributed by atoms with Gasteiger partial charge in [0.1, 0.15) is 0 Å². The molecule has 4 unspecified atom stereocenters. The van der Waals surface area contributed by atoms with E-state index in [-0.39, 0.29) is 17.4 Å². The third-order valence-electron chi connectivity index (χ3n) is 7.20. The largest absolute Gasteiger partial charge is 0.354 e. The lowest BCUT2D eigenvalue weighted by molar-refractivity contribution is -0.128. The van der Waals surface area contributed by atoms with Crippen LogP contribution in [0.3, 0.4) is 0 Å². The molecule has 25 heavy (non-hydrogen) atoms. The van der Waals surface area contributed by atoms with Crippen molar-refractivity contribution in [3.8, 4) is 0 Å². The van der Waals surface area contributed by atoms with Gasteiger partial charge in [0.05, 0.1) is 0 Å². The molecule has 2 saturated carbocycles. The second-order valence-electron chi connectivity index (χ2n) is 10.1. The van der Waals surface area contributed by atoms with Crippen molar-refractivity contribution in [1.82, 2.24) is 10.2 Å². The fourth-order valence-electron chi connectivity index (χ4n) is 5.72. The van der Waals surface area contributed by atoms with E-state index in [4.69, 9.17) is 5.73 Å². The lowest BCUT2D eigenvalue weighted by Gasteiger charge is -2.46. The minimum Gasteiger partial charge on any atom is -0.354 e. The van der Waals surface area contributed by atoms with Gasteiger partial charge in [0.25, 0.3) is 0 Å². The van der Waals surface area contributed by atoms with Crippen LogP contribution in [-0.4, -0.2) is 42.0 Å². The summed E-state index contributed by atoms with van der Waals surface area (Å²) in [5.74, 6) is 3.09. The van der Waals surface area contributed by atoms with E-state index < -0.39 is 0 Å². The molecular weight excluding hydrogens is 310 g/mol. The van der Waals surface area contributed by atoms with Crippen molar-refractivity contribution in [1.29, 1.82) is 0 Å². The molecule has 3 fully saturated rings. The number of nitrogens with zero attached hydrogens (tertiary/aromatic N) is 1. The third kappa shape index (κ3) is 4.39. The molecule has 1 heterocycles. The Morgan fingerprint density at radius 3 is 2.20 bits per heavy atom. The molecule has 1 aliphatic heterocycles. The van der Waals surface area contributed by atoms with Gasteiger partial charge in [0.2, 0.25) is 5.91 Å². The van der Waals surface area contributed by atoms with E-state index in [1.807, 2.05) is 0 Å². The van der Waals surface area contributed by atoms with E-state index >= 15 is 0 Å². The average molecular weight is 350 g/mol. The Bertz CT molecular complexity index is 454. The standard InChI is InChI=1S/C21H39N3O/c1-14-8-15(2)12-24(11-14)21(3,4)13-23-20(25)18-9-16-6-5-7-17(10-18)19(16)22/h14-19H,5-13,22H2,1-4H3,(H,23,25). The smallest absolute Gasteiger partial charge is 0.223 e. The minimum absolute atomic E-state index is 0.0273. The van der Waals surface area contributed by atoms with E-state index in [1.54, 1.807) is 0 Å². The Balaban J connectivity index is 1.53. The average Bonchev–Trinajstić information content (AvgIpc) is 2.51. The zero-order valence-electron chi connectivity index (χ0n) is 16.8. The number of amides is 1. The lowest BCUT2D eigenvalue weighted by atomic mass is 9.65. The first kappa shape index (κ1) is 19.2. The SMILES string of the molecule is CC1CC(C)CN(C(C)(C)CNC(=O)C2CC3CCCC(C2)C3N)C1. The Kier molecular flexibility index (Phi) is 5.79. The molecule has 0 aromatic heterocycles. The van der Waals surface area contributed by atoms with Crippen LogP contribution in [0.1, 0.15) is 66.2 Å². The second-order valence-corrected chi connectivity index (χ2v) is 10.1. The number of hydrogen-bond donors (Lipinski definition) is 2. The molecule has 2 aliphatic carbocycles. The number of rotatable bonds is 4. The Hall–Kier alpha value is -0.610. The number of fused-ring (bicyclic) bond motifs is 2. The molecular formula is C21H39N3O. The van der Waals surface area contributed by atoms with Crippen LogP contribution in [0.5, 0.6) is 0 Å². The summed E-state index contributed by atoms with van der Waals surface area (Å²) >= 11 is 0. The maximum atomic E-state index is 12.8. The fourth-order valence-corrected chi connectivity index (χ4v) is 5.72. The van der Waals surface area contributed by atoms with Crippen LogP contribution >= 0.6 is 0 Å². The highest BCUT2D eigenvalue weighted by Crippen LogP contribution is 2.42. The highest BCUT2D eigenvalue weighted by molar-refractivity contribution is 5.78. The van der Waals surface area contributed by atoms with Crippen molar-refractivity contribution in [2.24, 2.45) is 35.3 Å². The first-order valence-electron chi connectivity index (χ1n) is 10.5. The van der Waals surface area contributed by atoms with Gasteiger partial charge < -0.3 is 11.1 Å². The summed E-state index contributed by atoms with van der Waals surface area (Å²) in [6, 6.07) is 0.338. The maximum absolute atomic E-state index is 12.8. The van der Waals surface area contributed by atoms with Gasteiger partial charge in [0.15, 0.2) is 0 Å². The van der Waals surface area contributed by atoms with Gasteiger partial charge in [-0.15, -0.1) is 0 Å². The molecule has 0 aromatic rings. The third-order valence-corrected chi connectivity index (χ3v) is 7.20. The molecule has 4 nitrogen and oxygen atoms in total. The lowest BCUT2D eigenvalue weighted by Crippen LogP contribution is -2.57. The molecule has 4 atom stereocenters. The number of piperidine rings is 1. The topological polar surface area (TPSA) is 58.4 Å². The molecule has 144 valence electrons. The summed E-state index contributed by atoms with van der Waals surface area (Å²) < 4.78 is 0. The minimum atomic E-state index is 0.0273. The number of carbonyl (C=O) groups is 1. The van der Waals surface area contributed by atoms with Crippen molar-refractivity contribution in [2.75, 3.05) is 19.6 Å². The number of nitrogens with two attached hydrogens (primary N) is 1. The fraction of sp³-hybridized carbons (Fsp3) is 0.952. The second kappa shape index (κ2) is 7.56. The Morgan fingerprint density at radius 2 is 1.64 bits per heavy atom. The highest BCUT2D eigenvalue weighted by atomic mass is 16.1. The summed E-state index contributed by atoms with van der Waals surface area (Å²) in [6.07, 6.45) is 7.07. The molecule has 2 bridgehead atoms. The zero-order chi connectivity index (χ0) is 18.2. The first-order valence-corrected chi connectivity index (χ1v) is 10.5. The van der Waals surface area contributed by atoms with E-state index in [1.165, 1.54) is 25.7 Å². The van der Waals surface area contributed by atoms with Crippen LogP contribution < -0.4 is 11.1 Å². The van der Waals surface area contributed by atoms with Gasteiger partial charge in [-0.2, -0.15) is 0 Å². The van der Waals surface area contributed by atoms with Gasteiger partial charge in [0, 0.05) is 37.1 Å². The van der Waals surface area contributed by atoms with Crippen molar-refractivity contribution >= 4 is 5.91 Å². The van der Waals surface area contributed by atoms with Crippen LogP contribution in [0, 0.1) is 29.6 Å². The summed E-state index contributed by atoms with van der Waals surface area (Å²) in [7, 11) is 0. The number of carbonyl (C=O) groups excluding carboxylic acids is 1. The van der Waals surface area contributed by atoms with Crippen LogP contribution in [0.15, 0.2) is 0 Å². The van der Waals surface area contributed by atoms with Gasteiger partial charge in [-0.1, -0.05) is 20.3 Å². The van der Waals surface area contributed by atoms with Crippen LogP contribution in [0.2, 0.25) is 0 Å². The number of nitrogens with one attached hydrogen (secondary N) is 1. The zero-order valence-corrected chi connectivity index (χ0v) is 16.8. The van der Waals surface area contributed by atoms with E-state index in [9.17, 15) is 4.79 Å². The normalized spacial score (nSPS) is 39.9. The van der Waals surface area contributed by atoms with Crippen LogP contribution in [-0.2, 0) is 4.79 Å². The van der Waals surface area contributed by atoms with Gasteiger partial charge in [-0.05, 0) is 69.6 Å². The Labute approximate surface area is 154 Å². The number of likely N-dealkylation sites (tertiary alicyclic amines) is 1. The molecule has 0 radical (unpaired) electrons. The van der Waals surface area contributed by atoms with E-state index in [0.717, 1.165) is 44.3 Å². The van der Waals surface area contributed by atoms with Crippen LogP contribution in [0.4, 0.5) is 0 Å². The van der Waals surface area contributed by atoms with Crippen LogP contribution in [0.25, 0.3) is 0 Å². The van der Waals surface area contributed by atoms with Gasteiger partial charge >= 0.3 is 0 Å². The molecule has 1 amide bonds. The predicted molar refractivity (Wildman–Crippen MR) is 103 cm³/mol. The number of hydrogen-bond acceptors (Lipinski definition) is 3. The quantitative estimate of drug-likeness (QED) is 0.820. The summed E-state index contributed by atoms with van der Waals surface area (Å²) in [4.78, 5) is 15.4. The summed E-state index contributed by atoms with van der Waals surface area (Å²) in [6.45, 7) is 12.3. The molecule has 3 rings (SSSR count). The van der Waals surface area contributed by atoms with Gasteiger partial charge in [-0.3, -0.25) is 9.69 Å². The van der Waals surface area contributed by atoms with E-state index in [2.05, 4.69) is 37.9 Å². The molecule has 4 heteroatoms. The molecule has 0 aromatic carbocycles. The molecule has 1 saturated heterocycles. The summed E-state index contributed by atoms with van der Waals surface area (Å²) in [5.41, 5.74) is 6.40. The predicted octanol–water partition coefficient (Wildman–Crippen LogP) is 3.01. The summed E-state index contributed by atoms with van der Waals surface area (Å²) in [5, 5.41) is 3.30. The van der Waals surface area contributed by atoms with Gasteiger partial charge in [-0.25, -0.2) is 0 Å². The highest BCUT2D eigenvalue weighted by Gasteiger charge is 2.41. The molecule has 3 N–H and O–H groups in total. The Morgan fingerprint density at radius 1 is 1.08 bits per heavy atom. The van der Waals surface area contributed by atoms with Crippen molar-refractivity contribution in [2.45, 2.75) is 77.8 Å². The van der Waals surface area contributed by atoms with E-state index in [0.29, 0.717) is 17.9 Å². The molecule has 3 aliphatic rings. The van der Waals surface area contributed by atoms with Crippen molar-refractivity contribution < 1.29 is 4.79 Å². The molecule has 0 spiro atoms.